The van der Waals surface area contributed by atoms with Crippen LogP contribution in [0.4, 0.5) is 0 Å². The Morgan fingerprint density at radius 2 is 1.21 bits per heavy atom. The summed E-state index contributed by atoms with van der Waals surface area (Å²) in [5.74, 6) is 0. The van der Waals surface area contributed by atoms with E-state index < -0.39 is 18.4 Å². The summed E-state index contributed by atoms with van der Waals surface area (Å²) in [5, 5.41) is 0. The average molecular weight is 299 g/mol. The Labute approximate surface area is 93.4 Å². The molecule has 1 fully saturated rings. The van der Waals surface area contributed by atoms with Gasteiger partial charge < -0.3 is 0 Å². The van der Waals surface area contributed by atoms with Crippen molar-refractivity contribution in [1.29, 1.82) is 0 Å². The van der Waals surface area contributed by atoms with Gasteiger partial charge in [0.15, 0.2) is 0 Å². The zero-order valence-electron chi connectivity index (χ0n) is 9.43. The summed E-state index contributed by atoms with van der Waals surface area (Å²) in [6, 6.07) is 0. The molecule has 0 atom stereocenters. The van der Waals surface area contributed by atoms with E-state index in [9.17, 15) is 0 Å². The molecule has 0 saturated carbocycles. The van der Waals surface area contributed by atoms with Crippen molar-refractivity contribution in [2.24, 2.45) is 0 Å². The molecule has 1 aliphatic heterocycles. The van der Waals surface area contributed by atoms with Gasteiger partial charge in [-0.3, -0.25) is 0 Å². The van der Waals surface area contributed by atoms with E-state index in [1.54, 1.807) is 8.87 Å². The number of hydrogen-bond acceptors (Lipinski definition) is 0. The number of allylic oxidation sites excluding steroid dienone is 2. The van der Waals surface area contributed by atoms with Gasteiger partial charge in [-0.25, -0.2) is 0 Å². The van der Waals surface area contributed by atoms with E-state index in [1.807, 2.05) is 0 Å². The maximum atomic E-state index is 3.95. The molecule has 1 heterocycles. The minimum absolute atomic E-state index is 1.39. The first kappa shape index (κ1) is 12.3. The molecule has 0 aromatic carbocycles. The molecule has 0 spiro atoms. The van der Waals surface area contributed by atoms with Crippen molar-refractivity contribution in [2.75, 3.05) is 0 Å². The Hall–Kier alpha value is 0.279. The SMILES string of the molecule is C=C[CH2][Sn]1([CH2]C=C)[CH2]CCCCC[CH2]1. The van der Waals surface area contributed by atoms with Crippen LogP contribution in [0.2, 0.25) is 17.7 Å². The molecule has 0 unspecified atom stereocenters. The van der Waals surface area contributed by atoms with Gasteiger partial charge in [-0.2, -0.15) is 0 Å². The molecule has 0 N–H and O–H groups in total. The van der Waals surface area contributed by atoms with Gasteiger partial charge in [-0.05, 0) is 0 Å². The van der Waals surface area contributed by atoms with E-state index in [-0.39, 0.29) is 0 Å². The Kier molecular flexibility index (Phi) is 5.91. The normalized spacial score (nSPS) is 22.0. The second kappa shape index (κ2) is 6.71. The Morgan fingerprint density at radius 3 is 1.64 bits per heavy atom. The van der Waals surface area contributed by atoms with Gasteiger partial charge in [-0.1, -0.05) is 0 Å². The van der Waals surface area contributed by atoms with Crippen molar-refractivity contribution >= 4 is 18.4 Å². The predicted molar refractivity (Wildman–Crippen MR) is 68.5 cm³/mol. The third-order valence-corrected chi connectivity index (χ3v) is 18.2. The molecule has 0 aromatic rings. The fraction of sp³-hybridized carbons (Fsp3) is 0.692. The number of hydrogen-bond donors (Lipinski definition) is 0. The Bertz CT molecular complexity index is 164. The standard InChI is InChI=1S/C7H14.2C3H5.Sn/c1-3-5-7-6-4-2;2*1-3-2;/h1-7H2;2*3H,1-2H2;. The third-order valence-electron chi connectivity index (χ3n) is 3.57. The first-order valence-corrected chi connectivity index (χ1v) is 14.1. The van der Waals surface area contributed by atoms with Crippen molar-refractivity contribution in [3.63, 3.8) is 0 Å². The van der Waals surface area contributed by atoms with E-state index >= 15 is 0 Å². The Balaban J connectivity index is 2.59. The van der Waals surface area contributed by atoms with Gasteiger partial charge in [-0.15, -0.1) is 0 Å². The topological polar surface area (TPSA) is 0 Å². The fourth-order valence-corrected chi connectivity index (χ4v) is 15.5. The summed E-state index contributed by atoms with van der Waals surface area (Å²) in [5.41, 5.74) is 0. The molecule has 1 aliphatic rings. The van der Waals surface area contributed by atoms with E-state index in [0.717, 1.165) is 0 Å². The zero-order chi connectivity index (χ0) is 10.3. The fourth-order valence-electron chi connectivity index (χ4n) is 2.76. The van der Waals surface area contributed by atoms with Crippen LogP contribution in [-0.4, -0.2) is 18.4 Å². The summed E-state index contributed by atoms with van der Waals surface area (Å²) in [4.78, 5) is 0. The predicted octanol–water partition coefficient (Wildman–Crippen LogP) is 4.77. The minimum atomic E-state index is -1.78. The molecule has 80 valence electrons. The van der Waals surface area contributed by atoms with Crippen LogP contribution >= 0.6 is 0 Å². The van der Waals surface area contributed by atoms with Crippen molar-refractivity contribution in [3.05, 3.63) is 25.3 Å². The van der Waals surface area contributed by atoms with Crippen molar-refractivity contribution < 1.29 is 0 Å². The molecule has 1 heteroatoms. The molecule has 0 aromatic heterocycles. The van der Waals surface area contributed by atoms with Crippen LogP contribution in [0.25, 0.3) is 0 Å². The molecular formula is C13H24Sn. The molecule has 1 saturated heterocycles. The van der Waals surface area contributed by atoms with Gasteiger partial charge >= 0.3 is 93.5 Å². The van der Waals surface area contributed by atoms with Gasteiger partial charge in [0.1, 0.15) is 0 Å². The van der Waals surface area contributed by atoms with Crippen LogP contribution in [0, 0.1) is 0 Å². The van der Waals surface area contributed by atoms with E-state index in [1.165, 1.54) is 41.0 Å². The van der Waals surface area contributed by atoms with Gasteiger partial charge in [0.2, 0.25) is 0 Å². The molecule has 0 radical (unpaired) electrons. The molecular weight excluding hydrogens is 275 g/mol. The van der Waals surface area contributed by atoms with Gasteiger partial charge in [0, 0.05) is 0 Å². The van der Waals surface area contributed by atoms with Gasteiger partial charge in [0.05, 0.1) is 0 Å². The van der Waals surface area contributed by atoms with E-state index in [2.05, 4.69) is 25.3 Å². The van der Waals surface area contributed by atoms with Crippen LogP contribution < -0.4 is 0 Å². The molecule has 14 heavy (non-hydrogen) atoms. The van der Waals surface area contributed by atoms with Crippen molar-refractivity contribution in [3.8, 4) is 0 Å². The van der Waals surface area contributed by atoms with Crippen LogP contribution in [0.1, 0.15) is 32.1 Å². The second-order valence-electron chi connectivity index (χ2n) is 4.75. The first-order chi connectivity index (χ1) is 6.83. The van der Waals surface area contributed by atoms with Crippen LogP contribution in [0.3, 0.4) is 0 Å². The molecule has 0 aliphatic carbocycles. The molecule has 1 rings (SSSR count). The molecule has 0 amide bonds. The summed E-state index contributed by atoms with van der Waals surface area (Å²) in [6.45, 7) is 7.91. The number of rotatable bonds is 4. The second-order valence-corrected chi connectivity index (χ2v) is 18.5. The summed E-state index contributed by atoms with van der Waals surface area (Å²) < 4.78 is 5.96. The summed E-state index contributed by atoms with van der Waals surface area (Å²) in [7, 11) is 0. The summed E-state index contributed by atoms with van der Waals surface area (Å²) >= 11 is -1.78. The van der Waals surface area contributed by atoms with Crippen LogP contribution in [-0.2, 0) is 0 Å². The molecule has 0 bridgehead atoms. The monoisotopic (exact) mass is 300 g/mol. The average Bonchev–Trinajstić information content (AvgIpc) is 2.12. The van der Waals surface area contributed by atoms with Crippen LogP contribution in [0.5, 0.6) is 0 Å². The van der Waals surface area contributed by atoms with Gasteiger partial charge in [0.25, 0.3) is 0 Å². The van der Waals surface area contributed by atoms with E-state index in [4.69, 9.17) is 0 Å². The van der Waals surface area contributed by atoms with Crippen LogP contribution in [0.15, 0.2) is 25.3 Å². The maximum absolute atomic E-state index is 3.95. The summed E-state index contributed by atoms with van der Waals surface area (Å²) in [6.07, 6.45) is 11.8. The third kappa shape index (κ3) is 3.80. The zero-order valence-corrected chi connectivity index (χ0v) is 12.3. The first-order valence-electron chi connectivity index (χ1n) is 6.05. The van der Waals surface area contributed by atoms with Crippen molar-refractivity contribution in [2.45, 2.75) is 49.9 Å². The Morgan fingerprint density at radius 1 is 0.786 bits per heavy atom. The van der Waals surface area contributed by atoms with Crippen molar-refractivity contribution in [1.82, 2.24) is 0 Å². The molecule has 0 nitrogen and oxygen atoms in total. The quantitative estimate of drug-likeness (QED) is 0.518. The van der Waals surface area contributed by atoms with E-state index in [0.29, 0.717) is 0 Å².